The van der Waals surface area contributed by atoms with Crippen molar-refractivity contribution in [3.05, 3.63) is 39.7 Å². The highest BCUT2D eigenvalue weighted by Crippen LogP contribution is 2.27. The summed E-state index contributed by atoms with van der Waals surface area (Å²) in [4.78, 5) is 29.6. The molecule has 2 amide bonds. The molecular weight excluding hydrogens is 432 g/mol. The molecule has 0 radical (unpaired) electrons. The molecule has 0 spiro atoms. The lowest BCUT2D eigenvalue weighted by Gasteiger charge is -2.11. The van der Waals surface area contributed by atoms with Gasteiger partial charge in [-0.1, -0.05) is 6.92 Å². The number of nitrogens with one attached hydrogen (secondary N) is 3. The van der Waals surface area contributed by atoms with Crippen LogP contribution in [0.4, 0.5) is 11.4 Å². The number of carbonyl (C=O) groups is 2. The summed E-state index contributed by atoms with van der Waals surface area (Å²) in [6, 6.07) is 1.70. The fourth-order valence-corrected chi connectivity index (χ4v) is 3.86. The molecule has 3 rings (SSSR count). The van der Waals surface area contributed by atoms with Crippen LogP contribution in [0.1, 0.15) is 29.4 Å². The van der Waals surface area contributed by atoms with Crippen LogP contribution < -0.4 is 16.0 Å². The average molecular weight is 451 g/mol. The Kier molecular flexibility index (Phi) is 6.19. The average Bonchev–Trinajstić information content (AvgIpc) is 3.17. The van der Waals surface area contributed by atoms with Crippen molar-refractivity contribution in [1.29, 1.82) is 0 Å². The standard InChI is InChI=1S/C17H19BrN6O2S/c1-3-4-19-8-15(25)22-11-5-13(10(2)20-6-11)23-16(26)12-7-21-24-9-14(18)27-17(12)24/h5-7,9,19H,3-4,8H2,1-2H3,(H,22,25)(H,23,26). The molecule has 0 bridgehead atoms. The predicted molar refractivity (Wildman–Crippen MR) is 109 cm³/mol. The van der Waals surface area contributed by atoms with Gasteiger partial charge >= 0.3 is 0 Å². The Morgan fingerprint density at radius 3 is 2.89 bits per heavy atom. The topological polar surface area (TPSA) is 100 Å². The minimum absolute atomic E-state index is 0.159. The van der Waals surface area contributed by atoms with E-state index in [0.717, 1.165) is 21.6 Å². The number of pyridine rings is 1. The molecule has 3 aromatic heterocycles. The fourth-order valence-electron chi connectivity index (χ4n) is 2.42. The van der Waals surface area contributed by atoms with Crippen LogP contribution in [0.2, 0.25) is 0 Å². The van der Waals surface area contributed by atoms with E-state index in [9.17, 15) is 9.59 Å². The molecule has 0 saturated carbocycles. The van der Waals surface area contributed by atoms with Gasteiger partial charge < -0.3 is 16.0 Å². The molecule has 0 aliphatic carbocycles. The molecule has 8 nitrogen and oxygen atoms in total. The summed E-state index contributed by atoms with van der Waals surface area (Å²) in [5.41, 5.74) is 2.19. The van der Waals surface area contributed by atoms with E-state index in [2.05, 4.69) is 42.0 Å². The minimum atomic E-state index is -0.280. The van der Waals surface area contributed by atoms with E-state index in [-0.39, 0.29) is 18.4 Å². The number of nitrogens with zero attached hydrogens (tertiary/aromatic N) is 3. The zero-order valence-corrected chi connectivity index (χ0v) is 17.3. The summed E-state index contributed by atoms with van der Waals surface area (Å²) in [7, 11) is 0. The number of aryl methyl sites for hydroxylation is 1. The van der Waals surface area contributed by atoms with Gasteiger partial charge in [-0.05, 0) is 41.9 Å². The second-order valence-corrected chi connectivity index (χ2v) is 8.29. The molecule has 27 heavy (non-hydrogen) atoms. The summed E-state index contributed by atoms with van der Waals surface area (Å²) in [5.74, 6) is -0.439. The van der Waals surface area contributed by atoms with Gasteiger partial charge in [0, 0.05) is 0 Å². The predicted octanol–water partition coefficient (Wildman–Crippen LogP) is 3.05. The van der Waals surface area contributed by atoms with Crippen molar-refractivity contribution in [1.82, 2.24) is 19.9 Å². The van der Waals surface area contributed by atoms with E-state index in [1.807, 2.05) is 6.92 Å². The highest BCUT2D eigenvalue weighted by Gasteiger charge is 2.16. The zero-order chi connectivity index (χ0) is 19.4. The third kappa shape index (κ3) is 4.71. The first-order valence-electron chi connectivity index (χ1n) is 8.39. The minimum Gasteiger partial charge on any atom is -0.324 e. The van der Waals surface area contributed by atoms with Crippen LogP contribution in [0.15, 0.2) is 28.4 Å². The Balaban J connectivity index is 1.72. The normalized spacial score (nSPS) is 10.9. The van der Waals surface area contributed by atoms with Crippen LogP contribution in [-0.4, -0.2) is 39.5 Å². The van der Waals surface area contributed by atoms with Crippen molar-refractivity contribution < 1.29 is 9.59 Å². The first-order chi connectivity index (χ1) is 13.0. The number of anilines is 2. The highest BCUT2D eigenvalue weighted by molar-refractivity contribution is 9.11. The van der Waals surface area contributed by atoms with Crippen molar-refractivity contribution in [2.24, 2.45) is 0 Å². The molecule has 3 aromatic rings. The van der Waals surface area contributed by atoms with E-state index < -0.39 is 0 Å². The van der Waals surface area contributed by atoms with E-state index in [1.54, 1.807) is 29.9 Å². The molecule has 0 aliphatic heterocycles. The van der Waals surface area contributed by atoms with Gasteiger partial charge in [-0.15, -0.1) is 11.3 Å². The second kappa shape index (κ2) is 8.59. The van der Waals surface area contributed by atoms with Gasteiger partial charge in [-0.3, -0.25) is 14.6 Å². The van der Waals surface area contributed by atoms with Gasteiger partial charge in [0.05, 0.1) is 51.6 Å². The summed E-state index contributed by atoms with van der Waals surface area (Å²) >= 11 is 4.82. The summed E-state index contributed by atoms with van der Waals surface area (Å²) in [6.45, 7) is 4.83. The molecule has 0 atom stereocenters. The smallest absolute Gasteiger partial charge is 0.260 e. The number of hydrogen-bond donors (Lipinski definition) is 3. The van der Waals surface area contributed by atoms with Crippen LogP contribution in [0.5, 0.6) is 0 Å². The number of halogens is 1. The molecule has 3 heterocycles. The van der Waals surface area contributed by atoms with Gasteiger partial charge in [-0.25, -0.2) is 4.52 Å². The first kappa shape index (κ1) is 19.5. The second-order valence-electron chi connectivity index (χ2n) is 5.88. The van der Waals surface area contributed by atoms with Crippen molar-refractivity contribution in [2.45, 2.75) is 20.3 Å². The number of amides is 2. The van der Waals surface area contributed by atoms with Crippen molar-refractivity contribution >= 4 is 55.3 Å². The van der Waals surface area contributed by atoms with Crippen LogP contribution in [0, 0.1) is 6.92 Å². The molecule has 142 valence electrons. The molecule has 0 aromatic carbocycles. The van der Waals surface area contributed by atoms with E-state index in [0.29, 0.717) is 22.6 Å². The Morgan fingerprint density at radius 2 is 2.11 bits per heavy atom. The monoisotopic (exact) mass is 450 g/mol. The number of aromatic nitrogens is 3. The van der Waals surface area contributed by atoms with Crippen LogP contribution in [0.25, 0.3) is 4.83 Å². The third-order valence-corrected chi connectivity index (χ3v) is 5.33. The molecule has 0 unspecified atom stereocenters. The summed E-state index contributed by atoms with van der Waals surface area (Å²) in [5, 5.41) is 12.8. The van der Waals surface area contributed by atoms with Crippen LogP contribution >= 0.6 is 27.3 Å². The van der Waals surface area contributed by atoms with E-state index in [1.165, 1.54) is 17.5 Å². The molecule has 0 aliphatic rings. The Labute approximate surface area is 168 Å². The van der Waals surface area contributed by atoms with Crippen LogP contribution in [-0.2, 0) is 4.79 Å². The van der Waals surface area contributed by atoms with Crippen molar-refractivity contribution in [3.63, 3.8) is 0 Å². The maximum atomic E-state index is 12.7. The first-order valence-corrected chi connectivity index (χ1v) is 10.00. The Morgan fingerprint density at radius 1 is 1.30 bits per heavy atom. The zero-order valence-electron chi connectivity index (χ0n) is 14.9. The summed E-state index contributed by atoms with van der Waals surface area (Å²) < 4.78 is 2.54. The lowest BCUT2D eigenvalue weighted by Crippen LogP contribution is -2.28. The maximum Gasteiger partial charge on any atom is 0.260 e. The van der Waals surface area contributed by atoms with Gasteiger partial charge in [0.1, 0.15) is 4.83 Å². The largest absolute Gasteiger partial charge is 0.324 e. The van der Waals surface area contributed by atoms with Crippen LogP contribution in [0.3, 0.4) is 0 Å². The molecule has 0 fully saturated rings. The molecule has 10 heteroatoms. The number of rotatable bonds is 7. The quantitative estimate of drug-likeness (QED) is 0.480. The number of fused-ring (bicyclic) bond motifs is 1. The van der Waals surface area contributed by atoms with Gasteiger partial charge in [0.2, 0.25) is 5.91 Å². The van der Waals surface area contributed by atoms with Gasteiger partial charge in [0.15, 0.2) is 0 Å². The maximum absolute atomic E-state index is 12.7. The number of thiazole rings is 1. The number of carbonyl (C=O) groups excluding carboxylic acids is 2. The van der Waals surface area contributed by atoms with Gasteiger partial charge in [0.25, 0.3) is 5.91 Å². The molecular formula is C17H19BrN6O2S. The lowest BCUT2D eigenvalue weighted by atomic mass is 10.2. The van der Waals surface area contributed by atoms with Gasteiger partial charge in [-0.2, -0.15) is 5.10 Å². The SMILES string of the molecule is CCCNCC(=O)Nc1cnc(C)c(NC(=O)c2cnn3cc(Br)sc23)c1. The highest BCUT2D eigenvalue weighted by atomic mass is 79.9. The number of hydrogen-bond acceptors (Lipinski definition) is 6. The Hall–Kier alpha value is -2.30. The molecule has 0 saturated heterocycles. The lowest BCUT2D eigenvalue weighted by molar-refractivity contribution is -0.115. The fraction of sp³-hybridized carbons (Fsp3) is 0.294. The van der Waals surface area contributed by atoms with Crippen molar-refractivity contribution in [2.75, 3.05) is 23.7 Å². The van der Waals surface area contributed by atoms with E-state index in [4.69, 9.17) is 0 Å². The third-order valence-electron chi connectivity index (χ3n) is 3.74. The van der Waals surface area contributed by atoms with Crippen molar-refractivity contribution in [3.8, 4) is 0 Å². The summed E-state index contributed by atoms with van der Waals surface area (Å²) in [6.07, 6.45) is 5.85. The van der Waals surface area contributed by atoms with E-state index >= 15 is 0 Å². The Bertz CT molecular complexity index is 983. The molecule has 3 N–H and O–H groups in total.